The molecule has 1 saturated heterocycles. The van der Waals surface area contributed by atoms with E-state index in [1.165, 1.54) is 24.3 Å². The first-order chi connectivity index (χ1) is 13.1. The van der Waals surface area contributed by atoms with Gasteiger partial charge in [0.2, 0.25) is 0 Å². The standard InChI is InChI=1S/C20H20F2N4O/c21-16-5-3-15(4-6-16)18(22)14-24-10-12-26(13-11-24)20(27)17-2-1-8-25-9-7-23-19(17)25/h1-9,18H,10-14H2. The highest BCUT2D eigenvalue weighted by Gasteiger charge is 2.25. The number of alkyl halides is 1. The molecule has 5 nitrogen and oxygen atoms in total. The first kappa shape index (κ1) is 17.6. The molecule has 0 aliphatic carbocycles. The van der Waals surface area contributed by atoms with Crippen LogP contribution in [0.15, 0.2) is 55.0 Å². The molecule has 1 amide bonds. The zero-order valence-electron chi connectivity index (χ0n) is 14.8. The number of pyridine rings is 1. The second-order valence-corrected chi connectivity index (χ2v) is 6.69. The summed E-state index contributed by atoms with van der Waals surface area (Å²) in [5.41, 5.74) is 1.69. The number of piperazine rings is 1. The van der Waals surface area contributed by atoms with Crippen LogP contribution in [0.3, 0.4) is 0 Å². The summed E-state index contributed by atoms with van der Waals surface area (Å²) in [6, 6.07) is 9.11. The lowest BCUT2D eigenvalue weighted by molar-refractivity contribution is 0.0604. The van der Waals surface area contributed by atoms with Crippen molar-refractivity contribution < 1.29 is 13.6 Å². The zero-order chi connectivity index (χ0) is 18.8. The number of benzene rings is 1. The molecule has 0 saturated carbocycles. The zero-order valence-corrected chi connectivity index (χ0v) is 14.8. The van der Waals surface area contributed by atoms with E-state index in [1.54, 1.807) is 23.4 Å². The van der Waals surface area contributed by atoms with Crippen LogP contribution in [0.2, 0.25) is 0 Å². The Morgan fingerprint density at radius 3 is 2.56 bits per heavy atom. The van der Waals surface area contributed by atoms with E-state index in [0.717, 1.165) is 0 Å². The summed E-state index contributed by atoms with van der Waals surface area (Å²) in [5, 5.41) is 0. The molecule has 7 heteroatoms. The van der Waals surface area contributed by atoms with Crippen LogP contribution in [0.5, 0.6) is 0 Å². The van der Waals surface area contributed by atoms with Crippen LogP contribution in [0.25, 0.3) is 5.65 Å². The highest BCUT2D eigenvalue weighted by molar-refractivity contribution is 5.99. The van der Waals surface area contributed by atoms with Crippen molar-refractivity contribution in [2.75, 3.05) is 32.7 Å². The van der Waals surface area contributed by atoms with Crippen molar-refractivity contribution in [1.29, 1.82) is 0 Å². The van der Waals surface area contributed by atoms with Crippen LogP contribution in [-0.2, 0) is 0 Å². The molecule has 0 N–H and O–H groups in total. The van der Waals surface area contributed by atoms with Crippen molar-refractivity contribution in [3.63, 3.8) is 0 Å². The van der Waals surface area contributed by atoms with Crippen molar-refractivity contribution in [2.24, 2.45) is 0 Å². The van der Waals surface area contributed by atoms with Crippen molar-refractivity contribution >= 4 is 11.6 Å². The van der Waals surface area contributed by atoms with E-state index >= 15 is 0 Å². The first-order valence-electron chi connectivity index (χ1n) is 8.94. The van der Waals surface area contributed by atoms with E-state index in [9.17, 15) is 13.6 Å². The fourth-order valence-electron chi connectivity index (χ4n) is 3.42. The number of amides is 1. The predicted octanol–water partition coefficient (Wildman–Crippen LogP) is 2.94. The number of fused-ring (bicyclic) bond motifs is 1. The van der Waals surface area contributed by atoms with E-state index in [-0.39, 0.29) is 18.3 Å². The maximum Gasteiger partial charge on any atom is 0.257 e. The molecule has 1 unspecified atom stereocenters. The molecule has 27 heavy (non-hydrogen) atoms. The van der Waals surface area contributed by atoms with E-state index in [2.05, 4.69) is 4.98 Å². The number of rotatable bonds is 4. The summed E-state index contributed by atoms with van der Waals surface area (Å²) in [4.78, 5) is 20.9. The molecular formula is C20H20F2N4O. The van der Waals surface area contributed by atoms with Crippen LogP contribution in [0.4, 0.5) is 8.78 Å². The largest absolute Gasteiger partial charge is 0.336 e. The molecule has 3 aromatic rings. The average Bonchev–Trinajstić information content (AvgIpc) is 3.17. The molecule has 1 fully saturated rings. The van der Waals surface area contributed by atoms with Crippen LogP contribution in [-0.4, -0.2) is 57.8 Å². The van der Waals surface area contributed by atoms with Gasteiger partial charge in [0.15, 0.2) is 0 Å². The second-order valence-electron chi connectivity index (χ2n) is 6.69. The van der Waals surface area contributed by atoms with Gasteiger partial charge in [0, 0.05) is 51.3 Å². The lowest BCUT2D eigenvalue weighted by Crippen LogP contribution is -2.49. The van der Waals surface area contributed by atoms with Crippen LogP contribution in [0, 0.1) is 5.82 Å². The molecule has 1 aliphatic heterocycles. The van der Waals surface area contributed by atoms with Crippen molar-refractivity contribution in [1.82, 2.24) is 19.2 Å². The van der Waals surface area contributed by atoms with Gasteiger partial charge < -0.3 is 9.30 Å². The third kappa shape index (κ3) is 3.68. The number of hydrogen-bond donors (Lipinski definition) is 0. The molecule has 4 rings (SSSR count). The molecule has 1 atom stereocenters. The minimum Gasteiger partial charge on any atom is -0.336 e. The Bertz CT molecular complexity index is 933. The number of carbonyl (C=O) groups excluding carboxylic acids is 1. The lowest BCUT2D eigenvalue weighted by atomic mass is 10.1. The predicted molar refractivity (Wildman–Crippen MR) is 97.8 cm³/mol. The molecule has 2 aromatic heterocycles. The van der Waals surface area contributed by atoms with Gasteiger partial charge in [-0.3, -0.25) is 9.69 Å². The summed E-state index contributed by atoms with van der Waals surface area (Å²) in [6.07, 6.45) is 4.15. The quantitative estimate of drug-likeness (QED) is 0.709. The Labute approximate surface area is 155 Å². The van der Waals surface area contributed by atoms with Crippen molar-refractivity contribution in [2.45, 2.75) is 6.17 Å². The van der Waals surface area contributed by atoms with E-state index < -0.39 is 6.17 Å². The number of imidazole rings is 1. The molecule has 140 valence electrons. The molecule has 3 heterocycles. The van der Waals surface area contributed by atoms with Crippen LogP contribution < -0.4 is 0 Å². The monoisotopic (exact) mass is 370 g/mol. The summed E-state index contributed by atoms with van der Waals surface area (Å²) in [7, 11) is 0. The molecule has 0 bridgehead atoms. The molecule has 1 aromatic carbocycles. The van der Waals surface area contributed by atoms with Gasteiger partial charge in [-0.25, -0.2) is 13.8 Å². The average molecular weight is 370 g/mol. The first-order valence-corrected chi connectivity index (χ1v) is 8.94. The van der Waals surface area contributed by atoms with E-state index in [0.29, 0.717) is 43.0 Å². The molecule has 0 spiro atoms. The number of halogens is 2. The third-order valence-corrected chi connectivity index (χ3v) is 4.96. The van der Waals surface area contributed by atoms with Crippen LogP contribution >= 0.6 is 0 Å². The fourth-order valence-corrected chi connectivity index (χ4v) is 3.42. The Hall–Kier alpha value is -2.80. The van der Waals surface area contributed by atoms with Gasteiger partial charge in [-0.2, -0.15) is 0 Å². The minimum absolute atomic E-state index is 0.0539. The summed E-state index contributed by atoms with van der Waals surface area (Å²) >= 11 is 0. The van der Waals surface area contributed by atoms with Gasteiger partial charge in [0.25, 0.3) is 5.91 Å². The van der Waals surface area contributed by atoms with Crippen molar-refractivity contribution in [3.8, 4) is 0 Å². The normalized spacial score (nSPS) is 16.6. The van der Waals surface area contributed by atoms with Gasteiger partial charge in [-0.15, -0.1) is 0 Å². The second kappa shape index (κ2) is 7.44. The maximum absolute atomic E-state index is 14.5. The number of aromatic nitrogens is 2. The van der Waals surface area contributed by atoms with E-state index in [4.69, 9.17) is 0 Å². The van der Waals surface area contributed by atoms with Crippen LogP contribution in [0.1, 0.15) is 22.1 Å². The Kier molecular flexibility index (Phi) is 4.85. The summed E-state index contributed by atoms with van der Waals surface area (Å²) in [5.74, 6) is -0.424. The maximum atomic E-state index is 14.5. The molecule has 1 aliphatic rings. The minimum atomic E-state index is -1.17. The van der Waals surface area contributed by atoms with E-state index in [1.807, 2.05) is 21.6 Å². The lowest BCUT2D eigenvalue weighted by Gasteiger charge is -2.35. The van der Waals surface area contributed by atoms with Gasteiger partial charge >= 0.3 is 0 Å². The SMILES string of the molecule is O=C(c1cccn2ccnc12)N1CCN(CC(F)c2ccc(F)cc2)CC1. The van der Waals surface area contributed by atoms with Gasteiger partial charge in [-0.05, 0) is 29.8 Å². The Morgan fingerprint density at radius 2 is 1.81 bits per heavy atom. The number of carbonyl (C=O) groups is 1. The highest BCUT2D eigenvalue weighted by Crippen LogP contribution is 2.20. The van der Waals surface area contributed by atoms with Gasteiger partial charge in [0.1, 0.15) is 17.6 Å². The molecular weight excluding hydrogens is 350 g/mol. The Morgan fingerprint density at radius 1 is 1.07 bits per heavy atom. The van der Waals surface area contributed by atoms with Gasteiger partial charge in [0.05, 0.1) is 5.56 Å². The Balaban J connectivity index is 1.36. The molecule has 0 radical (unpaired) electrons. The fraction of sp³-hybridized carbons (Fsp3) is 0.300. The van der Waals surface area contributed by atoms with Gasteiger partial charge in [-0.1, -0.05) is 12.1 Å². The highest BCUT2D eigenvalue weighted by atomic mass is 19.1. The number of hydrogen-bond acceptors (Lipinski definition) is 3. The topological polar surface area (TPSA) is 40.9 Å². The smallest absolute Gasteiger partial charge is 0.257 e. The third-order valence-electron chi connectivity index (χ3n) is 4.96. The summed E-state index contributed by atoms with van der Waals surface area (Å²) < 4.78 is 29.2. The number of nitrogens with zero attached hydrogens (tertiary/aromatic N) is 4. The summed E-state index contributed by atoms with van der Waals surface area (Å²) in [6.45, 7) is 2.52. The van der Waals surface area contributed by atoms with Crippen molar-refractivity contribution in [3.05, 3.63) is 71.9 Å².